The fourth-order valence-electron chi connectivity index (χ4n) is 3.40. The highest BCUT2D eigenvalue weighted by atomic mass is 32.1. The molecule has 2 aromatic heterocycles. The van der Waals surface area contributed by atoms with Gasteiger partial charge in [0.05, 0.1) is 25.9 Å². The van der Waals surface area contributed by atoms with E-state index in [1.165, 1.54) is 17.0 Å². The first-order valence-electron chi connectivity index (χ1n) is 9.95. The Balaban J connectivity index is 1.25. The Morgan fingerprint density at radius 1 is 1.13 bits per heavy atom. The second-order valence-corrected chi connectivity index (χ2v) is 8.03. The summed E-state index contributed by atoms with van der Waals surface area (Å²) in [5.74, 6) is 0.716. The molecule has 0 radical (unpaired) electrons. The number of thiazole rings is 1. The van der Waals surface area contributed by atoms with Gasteiger partial charge >= 0.3 is 0 Å². The van der Waals surface area contributed by atoms with Gasteiger partial charge in [-0.25, -0.2) is 4.98 Å². The molecule has 30 heavy (non-hydrogen) atoms. The van der Waals surface area contributed by atoms with E-state index in [2.05, 4.69) is 37.2 Å². The molecule has 0 bridgehead atoms. The number of aromatic nitrogens is 2. The lowest BCUT2D eigenvalue weighted by Gasteiger charge is -2.35. The summed E-state index contributed by atoms with van der Waals surface area (Å²) >= 11 is 1.54. The van der Waals surface area contributed by atoms with E-state index in [1.807, 2.05) is 35.7 Å². The number of benzene rings is 1. The molecule has 0 saturated carbocycles. The van der Waals surface area contributed by atoms with Gasteiger partial charge in [-0.15, -0.1) is 11.3 Å². The van der Waals surface area contributed by atoms with Crippen molar-refractivity contribution < 1.29 is 9.53 Å². The molecule has 4 rings (SSSR count). The van der Waals surface area contributed by atoms with Crippen molar-refractivity contribution in [3.8, 4) is 5.75 Å². The van der Waals surface area contributed by atoms with Crippen LogP contribution in [0.15, 0.2) is 54.0 Å². The number of nitrogens with one attached hydrogen (secondary N) is 1. The van der Waals surface area contributed by atoms with Crippen molar-refractivity contribution in [3.63, 3.8) is 0 Å². The van der Waals surface area contributed by atoms with Gasteiger partial charge < -0.3 is 15.0 Å². The molecule has 0 aliphatic carbocycles. The highest BCUT2D eigenvalue weighted by molar-refractivity contribution is 7.09. The van der Waals surface area contributed by atoms with Crippen LogP contribution in [0.25, 0.3) is 0 Å². The Bertz CT molecular complexity index is 953. The monoisotopic (exact) mass is 423 g/mol. The lowest BCUT2D eigenvalue weighted by molar-refractivity contribution is 0.0945. The van der Waals surface area contributed by atoms with Crippen LogP contribution in [-0.2, 0) is 13.1 Å². The Hall–Kier alpha value is -2.97. The fourth-order valence-corrected chi connectivity index (χ4v) is 4.22. The van der Waals surface area contributed by atoms with E-state index in [4.69, 9.17) is 4.74 Å². The summed E-state index contributed by atoms with van der Waals surface area (Å²) in [6.07, 6.45) is 1.72. The number of anilines is 1. The summed E-state index contributed by atoms with van der Waals surface area (Å²) in [5, 5.41) is 5.68. The zero-order chi connectivity index (χ0) is 20.8. The van der Waals surface area contributed by atoms with Gasteiger partial charge in [0.2, 0.25) is 0 Å². The SMILES string of the molecule is COc1ccc(N2CCN(Cc3nc(C(=O)NCc4ccccn4)cs3)CC2)cc1. The molecule has 156 valence electrons. The molecule has 1 amide bonds. The average Bonchev–Trinajstić information content (AvgIpc) is 3.27. The zero-order valence-electron chi connectivity index (χ0n) is 17.0. The summed E-state index contributed by atoms with van der Waals surface area (Å²) in [6, 6.07) is 13.8. The number of ether oxygens (including phenoxy) is 1. The molecule has 1 aliphatic rings. The predicted octanol–water partition coefficient (Wildman–Crippen LogP) is 2.80. The first-order chi connectivity index (χ1) is 14.7. The summed E-state index contributed by atoms with van der Waals surface area (Å²) in [7, 11) is 1.68. The Labute approximate surface area is 180 Å². The Morgan fingerprint density at radius 3 is 2.63 bits per heavy atom. The normalized spacial score (nSPS) is 14.5. The maximum atomic E-state index is 12.3. The first-order valence-corrected chi connectivity index (χ1v) is 10.8. The van der Waals surface area contributed by atoms with E-state index < -0.39 is 0 Å². The van der Waals surface area contributed by atoms with Gasteiger partial charge in [-0.1, -0.05) is 6.07 Å². The molecule has 1 fully saturated rings. The van der Waals surface area contributed by atoms with Crippen LogP contribution >= 0.6 is 11.3 Å². The molecule has 1 aliphatic heterocycles. The van der Waals surface area contributed by atoms with Gasteiger partial charge in [-0.3, -0.25) is 14.7 Å². The highest BCUT2D eigenvalue weighted by Gasteiger charge is 2.19. The molecule has 0 spiro atoms. The minimum atomic E-state index is -0.160. The molecule has 8 heteroatoms. The fraction of sp³-hybridized carbons (Fsp3) is 0.318. The van der Waals surface area contributed by atoms with Crippen LogP contribution in [-0.4, -0.2) is 54.1 Å². The van der Waals surface area contributed by atoms with E-state index in [9.17, 15) is 4.79 Å². The lowest BCUT2D eigenvalue weighted by atomic mass is 10.2. The van der Waals surface area contributed by atoms with Gasteiger partial charge in [0, 0.05) is 43.4 Å². The van der Waals surface area contributed by atoms with Crippen LogP contribution in [0.4, 0.5) is 5.69 Å². The molecule has 3 heterocycles. The zero-order valence-corrected chi connectivity index (χ0v) is 17.8. The minimum Gasteiger partial charge on any atom is -0.497 e. The molecule has 0 unspecified atom stereocenters. The van der Waals surface area contributed by atoms with E-state index in [0.717, 1.165) is 49.2 Å². The molecule has 7 nitrogen and oxygen atoms in total. The van der Waals surface area contributed by atoms with Crippen molar-refractivity contribution in [3.05, 3.63) is 70.4 Å². The number of amides is 1. The Morgan fingerprint density at radius 2 is 1.93 bits per heavy atom. The predicted molar refractivity (Wildman–Crippen MR) is 118 cm³/mol. The van der Waals surface area contributed by atoms with Crippen LogP contribution in [0.2, 0.25) is 0 Å². The molecular weight excluding hydrogens is 398 g/mol. The first kappa shape index (κ1) is 20.3. The quantitative estimate of drug-likeness (QED) is 0.630. The third-order valence-electron chi connectivity index (χ3n) is 5.11. The van der Waals surface area contributed by atoms with Gasteiger partial charge in [0.1, 0.15) is 16.5 Å². The van der Waals surface area contributed by atoms with E-state index in [0.29, 0.717) is 12.2 Å². The number of carbonyl (C=O) groups excluding carboxylic acids is 1. The summed E-state index contributed by atoms with van der Waals surface area (Å²) in [4.78, 5) is 25.9. The number of carbonyl (C=O) groups is 1. The highest BCUT2D eigenvalue weighted by Crippen LogP contribution is 2.21. The van der Waals surface area contributed by atoms with E-state index in [1.54, 1.807) is 13.3 Å². The van der Waals surface area contributed by atoms with Crippen molar-refractivity contribution in [2.24, 2.45) is 0 Å². The molecule has 1 aromatic carbocycles. The number of piperazine rings is 1. The smallest absolute Gasteiger partial charge is 0.271 e. The van der Waals surface area contributed by atoms with Gasteiger partial charge in [0.15, 0.2) is 0 Å². The lowest BCUT2D eigenvalue weighted by Crippen LogP contribution is -2.45. The number of rotatable bonds is 7. The number of hydrogen-bond donors (Lipinski definition) is 1. The molecule has 1 saturated heterocycles. The maximum absolute atomic E-state index is 12.3. The van der Waals surface area contributed by atoms with Gasteiger partial charge in [0.25, 0.3) is 5.91 Å². The number of hydrogen-bond acceptors (Lipinski definition) is 7. The second kappa shape index (κ2) is 9.69. The largest absolute Gasteiger partial charge is 0.497 e. The number of nitrogens with zero attached hydrogens (tertiary/aromatic N) is 4. The standard InChI is InChI=1S/C22H25N5O2S/c1-29-19-7-5-18(6-8-19)27-12-10-26(11-13-27)15-21-25-20(16-30-21)22(28)24-14-17-4-2-3-9-23-17/h2-9,16H,10-15H2,1H3,(H,24,28). The van der Waals surface area contributed by atoms with Crippen molar-refractivity contribution in [1.29, 1.82) is 0 Å². The Kier molecular flexibility index (Phi) is 6.56. The topological polar surface area (TPSA) is 70.6 Å². The number of pyridine rings is 1. The van der Waals surface area contributed by atoms with E-state index >= 15 is 0 Å². The third kappa shape index (κ3) is 5.14. The van der Waals surface area contributed by atoms with Crippen LogP contribution in [0.5, 0.6) is 5.75 Å². The second-order valence-electron chi connectivity index (χ2n) is 7.09. The van der Waals surface area contributed by atoms with Crippen LogP contribution < -0.4 is 15.0 Å². The maximum Gasteiger partial charge on any atom is 0.271 e. The summed E-state index contributed by atoms with van der Waals surface area (Å²) in [6.45, 7) is 5.04. The number of methoxy groups -OCH3 is 1. The van der Waals surface area contributed by atoms with Crippen molar-refractivity contribution in [2.45, 2.75) is 13.1 Å². The van der Waals surface area contributed by atoms with Crippen molar-refractivity contribution >= 4 is 22.9 Å². The van der Waals surface area contributed by atoms with E-state index in [-0.39, 0.29) is 5.91 Å². The van der Waals surface area contributed by atoms with Crippen LogP contribution in [0, 0.1) is 0 Å². The molecule has 3 aromatic rings. The van der Waals surface area contributed by atoms with Crippen molar-refractivity contribution in [2.75, 3.05) is 38.2 Å². The minimum absolute atomic E-state index is 0.160. The molecule has 0 atom stereocenters. The summed E-state index contributed by atoms with van der Waals surface area (Å²) < 4.78 is 5.23. The summed E-state index contributed by atoms with van der Waals surface area (Å²) in [5.41, 5.74) is 2.52. The van der Waals surface area contributed by atoms with Gasteiger partial charge in [-0.05, 0) is 36.4 Å². The third-order valence-corrected chi connectivity index (χ3v) is 5.94. The van der Waals surface area contributed by atoms with Gasteiger partial charge in [-0.2, -0.15) is 0 Å². The van der Waals surface area contributed by atoms with Crippen molar-refractivity contribution in [1.82, 2.24) is 20.2 Å². The average molecular weight is 424 g/mol. The molecular formula is C22H25N5O2S. The molecule has 1 N–H and O–H groups in total. The van der Waals surface area contributed by atoms with Crippen LogP contribution in [0.1, 0.15) is 21.2 Å². The van der Waals surface area contributed by atoms with Crippen LogP contribution in [0.3, 0.4) is 0 Å².